The number of rotatable bonds is 0. The molecule has 0 saturated heterocycles. The minimum absolute atomic E-state index is 0.316. The van der Waals surface area contributed by atoms with Crippen LogP contribution in [0.4, 0.5) is 0 Å². The van der Waals surface area contributed by atoms with Gasteiger partial charge in [0.15, 0.2) is 0 Å². The summed E-state index contributed by atoms with van der Waals surface area (Å²) in [5.41, 5.74) is 13.2. The van der Waals surface area contributed by atoms with Crippen molar-refractivity contribution in [3.05, 3.63) is 23.5 Å². The van der Waals surface area contributed by atoms with Gasteiger partial charge >= 0.3 is 0 Å². The Morgan fingerprint density at radius 3 is 1.60 bits per heavy atom. The Kier molecular flexibility index (Phi) is 1.70. The quantitative estimate of drug-likeness (QED) is 0.523. The van der Waals surface area contributed by atoms with Crippen LogP contribution in [0.5, 0.6) is 0 Å². The molecule has 1 aliphatic rings. The van der Waals surface area contributed by atoms with E-state index in [1.54, 1.807) is 0 Å². The molecule has 0 radical (unpaired) electrons. The second-order valence-corrected chi connectivity index (χ2v) is 2.91. The Bertz CT molecular complexity index is 169. The highest BCUT2D eigenvalue weighted by Gasteiger charge is 2.13. The highest BCUT2D eigenvalue weighted by molar-refractivity contribution is 5.23. The molecule has 0 amide bonds. The fraction of sp³-hybridized carbons (Fsp3) is 0.500. The Balaban J connectivity index is 2.81. The first kappa shape index (κ1) is 7.19. The van der Waals surface area contributed by atoms with Gasteiger partial charge in [0.1, 0.15) is 0 Å². The fourth-order valence-electron chi connectivity index (χ4n) is 1.07. The molecule has 10 heavy (non-hydrogen) atoms. The molecule has 0 aromatic rings. The lowest BCUT2D eigenvalue weighted by atomic mass is 9.93. The molecule has 1 rings (SSSR count). The maximum atomic E-state index is 5.69. The lowest BCUT2D eigenvalue weighted by Crippen LogP contribution is -2.19. The predicted octanol–water partition coefficient (Wildman–Crippen LogP) is 0.957. The van der Waals surface area contributed by atoms with E-state index in [2.05, 4.69) is 0 Å². The van der Waals surface area contributed by atoms with E-state index in [0.717, 1.165) is 11.4 Å². The summed E-state index contributed by atoms with van der Waals surface area (Å²) in [5, 5.41) is 0. The van der Waals surface area contributed by atoms with Gasteiger partial charge in [0, 0.05) is 23.2 Å². The first-order valence-electron chi connectivity index (χ1n) is 3.55. The summed E-state index contributed by atoms with van der Waals surface area (Å²) < 4.78 is 0. The Hall–Kier alpha value is -0.920. The van der Waals surface area contributed by atoms with E-state index >= 15 is 0 Å². The summed E-state index contributed by atoms with van der Waals surface area (Å²) >= 11 is 0. The lowest BCUT2D eigenvalue weighted by molar-refractivity contribution is 0.719. The lowest BCUT2D eigenvalue weighted by Gasteiger charge is -2.19. The molecule has 0 aliphatic heterocycles. The summed E-state index contributed by atoms with van der Waals surface area (Å²) in [7, 11) is 0. The van der Waals surface area contributed by atoms with Gasteiger partial charge in [0.05, 0.1) is 0 Å². The minimum atomic E-state index is 0.316. The SMILES string of the molecule is CC1C=C(N)C(C)C=C1N. The molecule has 2 atom stereocenters. The first-order chi connectivity index (χ1) is 4.61. The zero-order valence-corrected chi connectivity index (χ0v) is 6.46. The molecule has 0 saturated carbocycles. The number of allylic oxidation sites excluding steroid dienone is 2. The van der Waals surface area contributed by atoms with Crippen molar-refractivity contribution in [3.8, 4) is 0 Å². The minimum Gasteiger partial charge on any atom is -0.402 e. The van der Waals surface area contributed by atoms with Crippen molar-refractivity contribution in [2.24, 2.45) is 23.3 Å². The second kappa shape index (κ2) is 2.37. The first-order valence-corrected chi connectivity index (χ1v) is 3.55. The molecule has 0 heterocycles. The topological polar surface area (TPSA) is 52.0 Å². The molecule has 4 N–H and O–H groups in total. The van der Waals surface area contributed by atoms with Crippen LogP contribution in [0.1, 0.15) is 13.8 Å². The van der Waals surface area contributed by atoms with Crippen LogP contribution in [-0.4, -0.2) is 0 Å². The van der Waals surface area contributed by atoms with Gasteiger partial charge in [-0.15, -0.1) is 0 Å². The maximum absolute atomic E-state index is 5.69. The van der Waals surface area contributed by atoms with Crippen LogP contribution in [0.3, 0.4) is 0 Å². The third-order valence-electron chi connectivity index (χ3n) is 1.94. The summed E-state index contributed by atoms with van der Waals surface area (Å²) in [6.45, 7) is 4.09. The molecule has 0 aromatic carbocycles. The van der Waals surface area contributed by atoms with Gasteiger partial charge in [-0.05, 0) is 0 Å². The van der Waals surface area contributed by atoms with E-state index in [9.17, 15) is 0 Å². The standard InChI is InChI=1S/C8H14N2/c1-5-3-8(10)6(2)4-7(5)9/h3-6H,9-10H2,1-2H3. The summed E-state index contributed by atoms with van der Waals surface area (Å²) in [6, 6.07) is 0. The molecule has 1 aliphatic carbocycles. The molecular formula is C8H14N2. The van der Waals surface area contributed by atoms with Crippen molar-refractivity contribution >= 4 is 0 Å². The Morgan fingerprint density at radius 2 is 1.30 bits per heavy atom. The average molecular weight is 138 g/mol. The maximum Gasteiger partial charge on any atom is 0.0153 e. The van der Waals surface area contributed by atoms with E-state index in [0.29, 0.717) is 11.8 Å². The van der Waals surface area contributed by atoms with Crippen molar-refractivity contribution in [2.45, 2.75) is 13.8 Å². The highest BCUT2D eigenvalue weighted by atomic mass is 14.6. The van der Waals surface area contributed by atoms with Crippen LogP contribution in [-0.2, 0) is 0 Å². The van der Waals surface area contributed by atoms with Crippen molar-refractivity contribution < 1.29 is 0 Å². The largest absolute Gasteiger partial charge is 0.402 e. The molecule has 0 fully saturated rings. The Morgan fingerprint density at radius 1 is 1.00 bits per heavy atom. The predicted molar refractivity (Wildman–Crippen MR) is 42.9 cm³/mol. The average Bonchev–Trinajstić information content (AvgIpc) is 1.84. The number of hydrogen-bond donors (Lipinski definition) is 2. The number of hydrogen-bond acceptors (Lipinski definition) is 2. The van der Waals surface area contributed by atoms with Crippen LogP contribution >= 0.6 is 0 Å². The van der Waals surface area contributed by atoms with Gasteiger partial charge in [-0.25, -0.2) is 0 Å². The molecule has 0 aromatic heterocycles. The van der Waals surface area contributed by atoms with E-state index in [1.165, 1.54) is 0 Å². The van der Waals surface area contributed by atoms with Crippen LogP contribution in [0.15, 0.2) is 23.5 Å². The van der Waals surface area contributed by atoms with Gasteiger partial charge in [-0.3, -0.25) is 0 Å². The van der Waals surface area contributed by atoms with Crippen LogP contribution in [0, 0.1) is 11.8 Å². The molecule has 0 bridgehead atoms. The van der Waals surface area contributed by atoms with Crippen molar-refractivity contribution in [1.29, 1.82) is 0 Å². The van der Waals surface area contributed by atoms with Gasteiger partial charge in [-0.1, -0.05) is 26.0 Å². The van der Waals surface area contributed by atoms with Crippen LogP contribution < -0.4 is 11.5 Å². The molecule has 2 unspecified atom stereocenters. The molecular weight excluding hydrogens is 124 g/mol. The summed E-state index contributed by atoms with van der Waals surface area (Å²) in [5.74, 6) is 0.632. The van der Waals surface area contributed by atoms with Gasteiger partial charge in [-0.2, -0.15) is 0 Å². The third-order valence-corrected chi connectivity index (χ3v) is 1.94. The van der Waals surface area contributed by atoms with Crippen LogP contribution in [0.25, 0.3) is 0 Å². The van der Waals surface area contributed by atoms with E-state index in [1.807, 2.05) is 26.0 Å². The highest BCUT2D eigenvalue weighted by Crippen LogP contribution is 2.20. The second-order valence-electron chi connectivity index (χ2n) is 2.91. The monoisotopic (exact) mass is 138 g/mol. The Labute approximate surface area is 61.6 Å². The van der Waals surface area contributed by atoms with Gasteiger partial charge < -0.3 is 11.5 Å². The normalized spacial score (nSPS) is 33.0. The molecule has 2 heteroatoms. The fourth-order valence-corrected chi connectivity index (χ4v) is 1.07. The smallest absolute Gasteiger partial charge is 0.0153 e. The summed E-state index contributed by atoms with van der Waals surface area (Å²) in [4.78, 5) is 0. The van der Waals surface area contributed by atoms with Crippen molar-refractivity contribution in [2.75, 3.05) is 0 Å². The zero-order chi connectivity index (χ0) is 7.72. The van der Waals surface area contributed by atoms with Crippen LogP contribution in [0.2, 0.25) is 0 Å². The van der Waals surface area contributed by atoms with Gasteiger partial charge in [0.2, 0.25) is 0 Å². The van der Waals surface area contributed by atoms with E-state index in [-0.39, 0.29) is 0 Å². The van der Waals surface area contributed by atoms with Crippen molar-refractivity contribution in [3.63, 3.8) is 0 Å². The third kappa shape index (κ3) is 1.15. The van der Waals surface area contributed by atoms with E-state index in [4.69, 9.17) is 11.5 Å². The molecule has 56 valence electrons. The van der Waals surface area contributed by atoms with E-state index < -0.39 is 0 Å². The molecule has 0 spiro atoms. The molecule has 2 nitrogen and oxygen atoms in total. The van der Waals surface area contributed by atoms with Crippen molar-refractivity contribution in [1.82, 2.24) is 0 Å². The zero-order valence-electron chi connectivity index (χ0n) is 6.46. The van der Waals surface area contributed by atoms with Gasteiger partial charge in [0.25, 0.3) is 0 Å². The number of nitrogens with two attached hydrogens (primary N) is 2. The summed E-state index contributed by atoms with van der Waals surface area (Å²) in [6.07, 6.45) is 4.03.